The Labute approximate surface area is 101 Å². The number of hydrogen-bond acceptors (Lipinski definition) is 2. The summed E-state index contributed by atoms with van der Waals surface area (Å²) in [5, 5.41) is 0. The maximum Gasteiger partial charge on any atom is 0.257 e. The molecule has 88 valence electrons. The molecule has 0 bridgehead atoms. The van der Waals surface area contributed by atoms with Gasteiger partial charge < -0.3 is 9.64 Å². The van der Waals surface area contributed by atoms with Gasteiger partial charge in [-0.15, -0.1) is 11.6 Å². The van der Waals surface area contributed by atoms with E-state index in [4.69, 9.17) is 16.3 Å². The van der Waals surface area contributed by atoms with Crippen LogP contribution < -0.4 is 4.74 Å². The van der Waals surface area contributed by atoms with Crippen LogP contribution in [0.5, 0.6) is 5.75 Å². The molecule has 0 radical (unpaired) electrons. The van der Waals surface area contributed by atoms with Crippen LogP contribution in [0.3, 0.4) is 0 Å². The third kappa shape index (κ3) is 2.89. The van der Waals surface area contributed by atoms with Gasteiger partial charge >= 0.3 is 0 Å². The molecule has 1 rings (SSSR count). The van der Waals surface area contributed by atoms with Crippen molar-refractivity contribution in [2.75, 3.05) is 26.1 Å². The molecule has 1 amide bonds. The van der Waals surface area contributed by atoms with Crippen LogP contribution in [0.4, 0.5) is 0 Å². The molecule has 0 saturated heterocycles. The number of nitrogens with zero attached hydrogens (tertiary/aromatic N) is 1. The summed E-state index contributed by atoms with van der Waals surface area (Å²) in [6.07, 6.45) is 0. The van der Waals surface area contributed by atoms with Gasteiger partial charge in [-0.2, -0.15) is 0 Å². The molecule has 1 aromatic carbocycles. The van der Waals surface area contributed by atoms with Crippen LogP contribution in [0.1, 0.15) is 17.3 Å². The zero-order chi connectivity index (χ0) is 12.0. The molecule has 3 nitrogen and oxygen atoms in total. The number of hydrogen-bond donors (Lipinski definition) is 0. The maximum absolute atomic E-state index is 12.1. The molecule has 0 aliphatic heterocycles. The number of methoxy groups -OCH3 is 1. The fourth-order valence-electron chi connectivity index (χ4n) is 1.50. The first kappa shape index (κ1) is 12.8. The van der Waals surface area contributed by atoms with E-state index in [1.807, 2.05) is 19.1 Å². The summed E-state index contributed by atoms with van der Waals surface area (Å²) in [4.78, 5) is 13.8. The second-order valence-corrected chi connectivity index (χ2v) is 3.65. The lowest BCUT2D eigenvalue weighted by Gasteiger charge is -2.20. The topological polar surface area (TPSA) is 29.5 Å². The molecule has 4 heteroatoms. The zero-order valence-corrected chi connectivity index (χ0v) is 10.3. The van der Waals surface area contributed by atoms with Crippen molar-refractivity contribution in [1.29, 1.82) is 0 Å². The minimum absolute atomic E-state index is 0.0411. The summed E-state index contributed by atoms with van der Waals surface area (Å²) in [5.74, 6) is 0.996. The van der Waals surface area contributed by atoms with Gasteiger partial charge in [-0.05, 0) is 19.1 Å². The maximum atomic E-state index is 12.1. The van der Waals surface area contributed by atoms with Crippen molar-refractivity contribution in [3.63, 3.8) is 0 Å². The molecule has 0 unspecified atom stereocenters. The Morgan fingerprint density at radius 1 is 1.44 bits per heavy atom. The number of benzene rings is 1. The molecule has 0 atom stereocenters. The van der Waals surface area contributed by atoms with E-state index in [9.17, 15) is 4.79 Å². The summed E-state index contributed by atoms with van der Waals surface area (Å²) in [5.41, 5.74) is 0.581. The number of halogens is 1. The molecule has 0 N–H and O–H groups in total. The van der Waals surface area contributed by atoms with E-state index in [-0.39, 0.29) is 5.91 Å². The molecule has 0 fully saturated rings. The molecule has 0 spiro atoms. The summed E-state index contributed by atoms with van der Waals surface area (Å²) in [6.45, 7) is 3.12. The number of carbonyl (C=O) groups excluding carboxylic acids is 1. The summed E-state index contributed by atoms with van der Waals surface area (Å²) in [6, 6.07) is 7.21. The highest BCUT2D eigenvalue weighted by Crippen LogP contribution is 2.19. The van der Waals surface area contributed by atoms with Gasteiger partial charge in [0.2, 0.25) is 0 Å². The van der Waals surface area contributed by atoms with E-state index >= 15 is 0 Å². The Bertz CT molecular complexity index is 355. The van der Waals surface area contributed by atoms with Crippen molar-refractivity contribution in [3.05, 3.63) is 29.8 Å². The molecule has 16 heavy (non-hydrogen) atoms. The molecule has 1 aromatic rings. The van der Waals surface area contributed by atoms with Crippen molar-refractivity contribution in [2.24, 2.45) is 0 Å². The number of amides is 1. The molecule has 0 aliphatic carbocycles. The Morgan fingerprint density at radius 3 is 2.69 bits per heavy atom. The van der Waals surface area contributed by atoms with Crippen molar-refractivity contribution < 1.29 is 9.53 Å². The lowest BCUT2D eigenvalue weighted by atomic mass is 10.1. The van der Waals surface area contributed by atoms with Gasteiger partial charge in [-0.25, -0.2) is 0 Å². The van der Waals surface area contributed by atoms with E-state index < -0.39 is 0 Å². The highest BCUT2D eigenvalue weighted by molar-refractivity contribution is 6.18. The average molecular weight is 242 g/mol. The molecular weight excluding hydrogens is 226 g/mol. The number of ether oxygens (including phenoxy) is 1. The number of rotatable bonds is 5. The Hall–Kier alpha value is -1.22. The second kappa shape index (κ2) is 6.38. The fraction of sp³-hybridized carbons (Fsp3) is 0.417. The normalized spacial score (nSPS) is 9.94. The predicted octanol–water partition coefficient (Wildman–Crippen LogP) is 2.40. The van der Waals surface area contributed by atoms with Gasteiger partial charge in [0.1, 0.15) is 5.75 Å². The number of carbonyl (C=O) groups is 1. The quantitative estimate of drug-likeness (QED) is 0.741. The van der Waals surface area contributed by atoms with Crippen LogP contribution in [0.25, 0.3) is 0 Å². The van der Waals surface area contributed by atoms with E-state index in [0.29, 0.717) is 30.3 Å². The Morgan fingerprint density at radius 2 is 2.12 bits per heavy atom. The van der Waals surface area contributed by atoms with Gasteiger partial charge in [0.25, 0.3) is 5.91 Å². The van der Waals surface area contributed by atoms with Gasteiger partial charge in [0.15, 0.2) is 0 Å². The van der Waals surface area contributed by atoms with Crippen LogP contribution in [0.15, 0.2) is 24.3 Å². The number of para-hydroxylation sites is 1. The van der Waals surface area contributed by atoms with Crippen molar-refractivity contribution in [1.82, 2.24) is 4.90 Å². The zero-order valence-electron chi connectivity index (χ0n) is 9.57. The van der Waals surface area contributed by atoms with Crippen LogP contribution in [-0.2, 0) is 0 Å². The first-order valence-corrected chi connectivity index (χ1v) is 5.76. The molecule has 0 saturated carbocycles. The first-order chi connectivity index (χ1) is 7.74. The van der Waals surface area contributed by atoms with Crippen LogP contribution in [-0.4, -0.2) is 36.9 Å². The minimum atomic E-state index is -0.0411. The fourth-order valence-corrected chi connectivity index (χ4v) is 1.70. The van der Waals surface area contributed by atoms with E-state index in [1.165, 1.54) is 0 Å². The summed E-state index contributed by atoms with van der Waals surface area (Å²) in [7, 11) is 1.56. The summed E-state index contributed by atoms with van der Waals surface area (Å²) < 4.78 is 5.16. The van der Waals surface area contributed by atoms with Gasteiger partial charge in [-0.1, -0.05) is 12.1 Å². The van der Waals surface area contributed by atoms with E-state index in [1.54, 1.807) is 24.1 Å². The third-order valence-corrected chi connectivity index (χ3v) is 2.53. The molecule has 0 aromatic heterocycles. The average Bonchev–Trinajstić information content (AvgIpc) is 2.35. The highest BCUT2D eigenvalue weighted by atomic mass is 35.5. The summed E-state index contributed by atoms with van der Waals surface area (Å²) >= 11 is 5.66. The van der Waals surface area contributed by atoms with E-state index in [0.717, 1.165) is 0 Å². The van der Waals surface area contributed by atoms with Crippen LogP contribution in [0, 0.1) is 0 Å². The van der Waals surface area contributed by atoms with Crippen molar-refractivity contribution in [3.8, 4) is 5.75 Å². The second-order valence-electron chi connectivity index (χ2n) is 3.27. The van der Waals surface area contributed by atoms with Crippen LogP contribution >= 0.6 is 11.6 Å². The third-order valence-electron chi connectivity index (χ3n) is 2.36. The number of alkyl halides is 1. The minimum Gasteiger partial charge on any atom is -0.496 e. The van der Waals surface area contributed by atoms with Gasteiger partial charge in [0.05, 0.1) is 12.7 Å². The standard InChI is InChI=1S/C12H16ClNO2/c1-3-14(9-8-13)12(15)10-6-4-5-7-11(10)16-2/h4-7H,3,8-9H2,1-2H3. The van der Waals surface area contributed by atoms with E-state index in [2.05, 4.69) is 0 Å². The first-order valence-electron chi connectivity index (χ1n) is 5.22. The van der Waals surface area contributed by atoms with Crippen molar-refractivity contribution in [2.45, 2.75) is 6.92 Å². The van der Waals surface area contributed by atoms with Crippen LogP contribution in [0.2, 0.25) is 0 Å². The largest absolute Gasteiger partial charge is 0.496 e. The lowest BCUT2D eigenvalue weighted by molar-refractivity contribution is 0.0770. The van der Waals surface area contributed by atoms with Gasteiger partial charge in [-0.3, -0.25) is 4.79 Å². The van der Waals surface area contributed by atoms with Crippen molar-refractivity contribution >= 4 is 17.5 Å². The SMILES string of the molecule is CCN(CCCl)C(=O)c1ccccc1OC. The Kier molecular flexibility index (Phi) is 5.12. The highest BCUT2D eigenvalue weighted by Gasteiger charge is 2.17. The molecule has 0 aliphatic rings. The monoisotopic (exact) mass is 241 g/mol. The Balaban J connectivity index is 2.93. The smallest absolute Gasteiger partial charge is 0.257 e. The van der Waals surface area contributed by atoms with Gasteiger partial charge in [0, 0.05) is 19.0 Å². The molecular formula is C12H16ClNO2. The predicted molar refractivity (Wildman–Crippen MR) is 65.3 cm³/mol. The lowest BCUT2D eigenvalue weighted by Crippen LogP contribution is -2.32. The molecule has 0 heterocycles.